The van der Waals surface area contributed by atoms with Crippen LogP contribution in [0.4, 0.5) is 9.59 Å². The third-order valence-electron chi connectivity index (χ3n) is 2.71. The molecule has 0 bridgehead atoms. The van der Waals surface area contributed by atoms with Crippen LogP contribution in [0.5, 0.6) is 0 Å². The van der Waals surface area contributed by atoms with Gasteiger partial charge in [-0.15, -0.1) is 0 Å². The molecule has 7 heteroatoms. The second-order valence-electron chi connectivity index (χ2n) is 4.84. The molecule has 0 spiro atoms. The molecule has 0 aliphatic heterocycles. The van der Waals surface area contributed by atoms with E-state index in [1.807, 2.05) is 38.2 Å². The Morgan fingerprint density at radius 3 is 1.40 bits per heavy atom. The van der Waals surface area contributed by atoms with Gasteiger partial charge in [0.25, 0.3) is 0 Å². The fourth-order valence-corrected chi connectivity index (χ4v) is 1.54. The predicted octanol–water partition coefficient (Wildman–Crippen LogP) is 4.02. The molecule has 0 aromatic carbocycles. The smallest absolute Gasteiger partial charge is 0.434 e. The summed E-state index contributed by atoms with van der Waals surface area (Å²) in [6.07, 6.45) is 9.72. The van der Waals surface area contributed by atoms with Crippen molar-refractivity contribution < 1.29 is 33.3 Å². The highest BCUT2D eigenvalue weighted by Gasteiger charge is 2.04. The number of ether oxygens (including phenoxy) is 5. The minimum absolute atomic E-state index is 0.0812. The van der Waals surface area contributed by atoms with Crippen LogP contribution in [-0.4, -0.2) is 52.0 Å². The van der Waals surface area contributed by atoms with E-state index in [2.05, 4.69) is 0 Å². The summed E-state index contributed by atoms with van der Waals surface area (Å²) < 4.78 is 24.5. The van der Waals surface area contributed by atoms with Crippen LogP contribution in [0.1, 0.15) is 39.5 Å². The molecule has 0 aromatic rings. The van der Waals surface area contributed by atoms with Gasteiger partial charge in [-0.2, -0.15) is 0 Å². The summed E-state index contributed by atoms with van der Waals surface area (Å²) in [6.45, 7) is 5.21. The van der Waals surface area contributed by atoms with Crippen LogP contribution < -0.4 is 0 Å². The van der Waals surface area contributed by atoms with Crippen LogP contribution in [0.15, 0.2) is 24.3 Å². The van der Waals surface area contributed by atoms with E-state index in [-0.39, 0.29) is 26.4 Å². The maximum Gasteiger partial charge on any atom is 0.508 e. The van der Waals surface area contributed by atoms with E-state index in [1.165, 1.54) is 0 Å². The summed E-state index contributed by atoms with van der Waals surface area (Å²) >= 11 is 0. The van der Waals surface area contributed by atoms with Crippen LogP contribution in [0, 0.1) is 0 Å². The standard InChI is InChI=1S/C18H30O7/c1-3-5-7-9-11-22-17(19)24-15-13-21-14-16-25-18(20)23-12-10-8-6-4-2/h5-8H,3-4,9-16H2,1-2H3. The van der Waals surface area contributed by atoms with E-state index in [4.69, 9.17) is 23.7 Å². The first-order valence-corrected chi connectivity index (χ1v) is 8.67. The Hall–Kier alpha value is -2.02. The summed E-state index contributed by atoms with van der Waals surface area (Å²) in [7, 11) is 0. The van der Waals surface area contributed by atoms with Gasteiger partial charge in [0, 0.05) is 0 Å². The quantitative estimate of drug-likeness (QED) is 0.263. The van der Waals surface area contributed by atoms with E-state index in [0.717, 1.165) is 12.8 Å². The molecule has 0 heterocycles. The van der Waals surface area contributed by atoms with Crippen molar-refractivity contribution in [2.45, 2.75) is 39.5 Å². The largest absolute Gasteiger partial charge is 0.508 e. The van der Waals surface area contributed by atoms with Gasteiger partial charge in [-0.05, 0) is 25.7 Å². The third-order valence-corrected chi connectivity index (χ3v) is 2.71. The lowest BCUT2D eigenvalue weighted by Crippen LogP contribution is -2.16. The Morgan fingerprint density at radius 2 is 1.00 bits per heavy atom. The normalized spacial score (nSPS) is 11.0. The molecule has 0 aromatic heterocycles. The minimum Gasteiger partial charge on any atom is -0.434 e. The average molecular weight is 358 g/mol. The van der Waals surface area contributed by atoms with E-state index in [9.17, 15) is 9.59 Å². The van der Waals surface area contributed by atoms with Gasteiger partial charge >= 0.3 is 12.3 Å². The first kappa shape index (κ1) is 23.0. The third kappa shape index (κ3) is 18.2. The molecule has 0 radical (unpaired) electrons. The van der Waals surface area contributed by atoms with E-state index in [1.54, 1.807) is 0 Å². The van der Waals surface area contributed by atoms with E-state index in [0.29, 0.717) is 26.1 Å². The Labute approximate surface area is 149 Å². The highest BCUT2D eigenvalue weighted by molar-refractivity contribution is 5.60. The molecule has 0 amide bonds. The second kappa shape index (κ2) is 18.3. The number of rotatable bonds is 14. The van der Waals surface area contributed by atoms with E-state index < -0.39 is 12.3 Å². The molecule has 0 saturated carbocycles. The predicted molar refractivity (Wildman–Crippen MR) is 93.5 cm³/mol. The molecule has 25 heavy (non-hydrogen) atoms. The zero-order valence-corrected chi connectivity index (χ0v) is 15.2. The molecule has 0 saturated heterocycles. The Bertz CT molecular complexity index is 355. The van der Waals surface area contributed by atoms with Crippen molar-refractivity contribution in [3.63, 3.8) is 0 Å². The summed E-state index contributed by atoms with van der Waals surface area (Å²) in [4.78, 5) is 22.4. The molecule has 144 valence electrons. The van der Waals surface area contributed by atoms with Gasteiger partial charge in [-0.1, -0.05) is 38.2 Å². The molecule has 0 N–H and O–H groups in total. The van der Waals surface area contributed by atoms with Crippen molar-refractivity contribution in [3.8, 4) is 0 Å². The molecule has 0 aliphatic carbocycles. The van der Waals surface area contributed by atoms with Gasteiger partial charge in [-0.25, -0.2) is 9.59 Å². The first-order chi connectivity index (χ1) is 12.2. The summed E-state index contributed by atoms with van der Waals surface area (Å²) in [5.74, 6) is 0. The average Bonchev–Trinajstić information content (AvgIpc) is 2.60. The fraction of sp³-hybridized carbons (Fsp3) is 0.667. The maximum absolute atomic E-state index is 11.2. The van der Waals surface area contributed by atoms with Crippen LogP contribution in [-0.2, 0) is 23.7 Å². The number of hydrogen-bond acceptors (Lipinski definition) is 7. The van der Waals surface area contributed by atoms with Crippen LogP contribution in [0.25, 0.3) is 0 Å². The monoisotopic (exact) mass is 358 g/mol. The molecule has 7 nitrogen and oxygen atoms in total. The van der Waals surface area contributed by atoms with Crippen LogP contribution >= 0.6 is 0 Å². The Balaban J connectivity index is 3.34. The summed E-state index contributed by atoms with van der Waals surface area (Å²) in [6, 6.07) is 0. The van der Waals surface area contributed by atoms with Crippen molar-refractivity contribution >= 4 is 12.3 Å². The number of carbonyl (C=O) groups is 2. The molecule has 0 rings (SSSR count). The highest BCUT2D eigenvalue weighted by atomic mass is 16.7. The lowest BCUT2D eigenvalue weighted by molar-refractivity contribution is 0.00680. The van der Waals surface area contributed by atoms with Crippen molar-refractivity contribution in [1.29, 1.82) is 0 Å². The number of carbonyl (C=O) groups excluding carboxylic acids is 2. The van der Waals surface area contributed by atoms with Crippen molar-refractivity contribution in [2.75, 3.05) is 39.6 Å². The van der Waals surface area contributed by atoms with Crippen LogP contribution in [0.3, 0.4) is 0 Å². The van der Waals surface area contributed by atoms with Gasteiger partial charge in [0.15, 0.2) is 0 Å². The van der Waals surface area contributed by atoms with Crippen molar-refractivity contribution in [3.05, 3.63) is 24.3 Å². The van der Waals surface area contributed by atoms with Gasteiger partial charge < -0.3 is 23.7 Å². The first-order valence-electron chi connectivity index (χ1n) is 8.67. The highest BCUT2D eigenvalue weighted by Crippen LogP contribution is 1.93. The van der Waals surface area contributed by atoms with Crippen LogP contribution in [0.2, 0.25) is 0 Å². The summed E-state index contributed by atoms with van der Waals surface area (Å²) in [5.41, 5.74) is 0. The number of allylic oxidation sites excluding steroid dienone is 2. The summed E-state index contributed by atoms with van der Waals surface area (Å²) in [5, 5.41) is 0. The zero-order chi connectivity index (χ0) is 18.6. The van der Waals surface area contributed by atoms with Gasteiger partial charge in [0.1, 0.15) is 13.2 Å². The van der Waals surface area contributed by atoms with Gasteiger partial charge in [0.2, 0.25) is 0 Å². The molecular weight excluding hydrogens is 328 g/mol. The Morgan fingerprint density at radius 1 is 0.600 bits per heavy atom. The fourth-order valence-electron chi connectivity index (χ4n) is 1.54. The molecule has 0 aliphatic rings. The van der Waals surface area contributed by atoms with E-state index >= 15 is 0 Å². The lowest BCUT2D eigenvalue weighted by Gasteiger charge is -2.07. The molecular formula is C18H30O7. The van der Waals surface area contributed by atoms with Gasteiger partial charge in [-0.3, -0.25) is 0 Å². The minimum atomic E-state index is -0.717. The Kier molecular flexibility index (Phi) is 16.8. The van der Waals surface area contributed by atoms with Crippen molar-refractivity contribution in [2.24, 2.45) is 0 Å². The second-order valence-corrected chi connectivity index (χ2v) is 4.84. The van der Waals surface area contributed by atoms with Gasteiger partial charge in [0.05, 0.1) is 26.4 Å². The molecule has 0 unspecified atom stereocenters. The number of hydrogen-bond donors (Lipinski definition) is 0. The van der Waals surface area contributed by atoms with Crippen molar-refractivity contribution in [1.82, 2.24) is 0 Å². The SMILES string of the molecule is CCC=CCCOC(=O)OCCOCCOC(=O)OCCC=CCC. The lowest BCUT2D eigenvalue weighted by atomic mass is 10.3. The molecule has 0 atom stereocenters. The topological polar surface area (TPSA) is 80.3 Å². The maximum atomic E-state index is 11.2. The zero-order valence-electron chi connectivity index (χ0n) is 15.2. The molecule has 0 fully saturated rings.